The van der Waals surface area contributed by atoms with Crippen LogP contribution in [0.2, 0.25) is 0 Å². The largest absolute Gasteiger partial charge is 0.489 e. The lowest BCUT2D eigenvalue weighted by molar-refractivity contribution is -0.137. The number of ether oxygens (including phenoxy) is 2. The molecule has 32 heavy (non-hydrogen) atoms. The van der Waals surface area contributed by atoms with E-state index in [9.17, 15) is 26.4 Å². The molecular weight excluding hydrogens is 449 g/mol. The molecule has 1 saturated heterocycles. The van der Waals surface area contributed by atoms with Crippen molar-refractivity contribution in [1.29, 1.82) is 0 Å². The fourth-order valence-electron chi connectivity index (χ4n) is 3.23. The van der Waals surface area contributed by atoms with Crippen LogP contribution < -0.4 is 10.1 Å². The number of hydrogen-bond acceptors (Lipinski definition) is 5. The summed E-state index contributed by atoms with van der Waals surface area (Å²) in [7, 11) is -2.30. The third kappa shape index (κ3) is 5.59. The van der Waals surface area contributed by atoms with E-state index in [1.807, 2.05) is 0 Å². The summed E-state index contributed by atoms with van der Waals surface area (Å²) in [5, 5.41) is 2.40. The summed E-state index contributed by atoms with van der Waals surface area (Å²) < 4.78 is 76.6. The van der Waals surface area contributed by atoms with Gasteiger partial charge in [0.25, 0.3) is 5.91 Å². The number of carbonyl (C=O) groups excluding carboxylic acids is 1. The van der Waals surface area contributed by atoms with Gasteiger partial charge in [0, 0.05) is 25.8 Å². The molecule has 1 amide bonds. The number of sulfonamides is 1. The molecule has 174 valence electrons. The second-order valence-corrected chi connectivity index (χ2v) is 9.08. The molecule has 0 radical (unpaired) electrons. The molecule has 3 rings (SSSR count). The summed E-state index contributed by atoms with van der Waals surface area (Å²) in [6, 6.07) is 8.13. The van der Waals surface area contributed by atoms with Crippen molar-refractivity contribution in [3.63, 3.8) is 0 Å². The molecular formula is C21H23F3N2O5S. The number of nitrogens with zero attached hydrogens (tertiary/aromatic N) is 1. The fraction of sp³-hybridized carbons (Fsp3) is 0.381. The smallest absolute Gasteiger partial charge is 0.416 e. The number of methoxy groups -OCH3 is 1. The summed E-state index contributed by atoms with van der Waals surface area (Å²) in [5.74, 6) is -0.733. The third-order valence-corrected chi connectivity index (χ3v) is 6.79. The molecule has 2 aromatic carbocycles. The predicted octanol–water partition coefficient (Wildman–Crippen LogP) is 3.77. The quantitative estimate of drug-likeness (QED) is 0.592. The number of benzene rings is 2. The van der Waals surface area contributed by atoms with Crippen LogP contribution in [0.4, 0.5) is 18.9 Å². The molecule has 0 spiro atoms. The molecule has 0 unspecified atom stereocenters. The molecule has 11 heteroatoms. The van der Waals surface area contributed by atoms with Crippen LogP contribution in [-0.4, -0.2) is 52.0 Å². The van der Waals surface area contributed by atoms with Crippen LogP contribution in [0.15, 0.2) is 47.4 Å². The lowest BCUT2D eigenvalue weighted by Crippen LogP contribution is -2.28. The second kappa shape index (κ2) is 9.88. The minimum absolute atomic E-state index is 0.00877. The van der Waals surface area contributed by atoms with Crippen LogP contribution in [0.25, 0.3) is 0 Å². The molecule has 1 aliphatic heterocycles. The first kappa shape index (κ1) is 24.0. The van der Waals surface area contributed by atoms with Crippen LogP contribution in [0.3, 0.4) is 0 Å². The van der Waals surface area contributed by atoms with E-state index in [0.717, 1.165) is 31.0 Å². The summed E-state index contributed by atoms with van der Waals surface area (Å²) in [6.07, 6.45) is -3.09. The number of nitrogens with one attached hydrogen (secondary N) is 1. The number of hydrogen-bond donors (Lipinski definition) is 1. The minimum atomic E-state index is -4.62. The molecule has 0 aliphatic carbocycles. The molecule has 0 aromatic heterocycles. The molecule has 1 heterocycles. The maximum Gasteiger partial charge on any atom is 0.416 e. The van der Waals surface area contributed by atoms with Crippen molar-refractivity contribution in [1.82, 2.24) is 4.31 Å². The van der Waals surface area contributed by atoms with Gasteiger partial charge in [0.15, 0.2) is 0 Å². The molecule has 0 saturated carbocycles. The number of carbonyl (C=O) groups is 1. The first-order valence-corrected chi connectivity index (χ1v) is 11.3. The first-order chi connectivity index (χ1) is 15.1. The lowest BCUT2D eigenvalue weighted by Gasteiger charge is -2.17. The Labute approximate surface area is 184 Å². The van der Waals surface area contributed by atoms with Gasteiger partial charge in [0.2, 0.25) is 10.0 Å². The Morgan fingerprint density at radius 2 is 1.81 bits per heavy atom. The van der Waals surface area contributed by atoms with Crippen molar-refractivity contribution in [2.45, 2.75) is 23.9 Å². The van der Waals surface area contributed by atoms with Gasteiger partial charge in [-0.1, -0.05) is 6.07 Å². The van der Waals surface area contributed by atoms with Crippen molar-refractivity contribution in [2.24, 2.45) is 0 Å². The molecule has 2 aromatic rings. The van der Waals surface area contributed by atoms with E-state index < -0.39 is 27.7 Å². The molecule has 7 nitrogen and oxygen atoms in total. The highest BCUT2D eigenvalue weighted by atomic mass is 32.2. The van der Waals surface area contributed by atoms with Crippen LogP contribution in [-0.2, 0) is 20.9 Å². The van der Waals surface area contributed by atoms with Gasteiger partial charge in [0.05, 0.1) is 22.8 Å². The van der Waals surface area contributed by atoms with Crippen molar-refractivity contribution in [2.75, 3.05) is 38.7 Å². The van der Waals surface area contributed by atoms with Crippen molar-refractivity contribution in [3.05, 3.63) is 53.6 Å². The van der Waals surface area contributed by atoms with E-state index in [1.165, 1.54) is 35.7 Å². The van der Waals surface area contributed by atoms with Crippen LogP contribution in [0.5, 0.6) is 5.75 Å². The second-order valence-electron chi connectivity index (χ2n) is 7.14. The zero-order valence-electron chi connectivity index (χ0n) is 17.3. The Kier molecular flexibility index (Phi) is 7.42. The first-order valence-electron chi connectivity index (χ1n) is 9.87. The Morgan fingerprint density at radius 3 is 2.47 bits per heavy atom. The Bertz CT molecular complexity index is 1070. The zero-order chi connectivity index (χ0) is 23.4. The Hall–Kier alpha value is -2.63. The van der Waals surface area contributed by atoms with Gasteiger partial charge < -0.3 is 14.8 Å². The maximum atomic E-state index is 13.2. The van der Waals surface area contributed by atoms with Gasteiger partial charge in [-0.05, 0) is 49.2 Å². The summed E-state index contributed by atoms with van der Waals surface area (Å²) >= 11 is 0. The predicted molar refractivity (Wildman–Crippen MR) is 111 cm³/mol. The van der Waals surface area contributed by atoms with Gasteiger partial charge in [-0.15, -0.1) is 0 Å². The van der Waals surface area contributed by atoms with Gasteiger partial charge in [-0.25, -0.2) is 8.42 Å². The highest BCUT2D eigenvalue weighted by Gasteiger charge is 2.32. The SMILES string of the molecule is COCCOc1ccc(C(F)(F)F)cc1NC(=O)c1cccc(S(=O)(=O)N2CCCC2)c1. The molecule has 1 aliphatic rings. The number of halogens is 3. The van der Waals surface area contributed by atoms with Gasteiger partial charge >= 0.3 is 6.18 Å². The van der Waals surface area contributed by atoms with Gasteiger partial charge in [0.1, 0.15) is 12.4 Å². The molecule has 0 bridgehead atoms. The van der Waals surface area contributed by atoms with E-state index in [1.54, 1.807) is 0 Å². The number of alkyl halides is 3. The van der Waals surface area contributed by atoms with Gasteiger partial charge in [-0.2, -0.15) is 17.5 Å². The Balaban J connectivity index is 1.87. The minimum Gasteiger partial charge on any atom is -0.489 e. The molecule has 1 N–H and O–H groups in total. The topological polar surface area (TPSA) is 84.9 Å². The monoisotopic (exact) mass is 472 g/mol. The number of amides is 1. The standard InChI is InChI=1S/C21H23F3N2O5S/c1-30-11-12-31-19-8-7-16(21(22,23)24)14-18(19)25-20(27)15-5-4-6-17(13-15)32(28,29)26-9-2-3-10-26/h4-8,13-14H,2-3,9-12H2,1H3,(H,25,27). The van der Waals surface area contributed by atoms with Gasteiger partial charge in [-0.3, -0.25) is 4.79 Å². The number of rotatable bonds is 8. The van der Waals surface area contributed by atoms with Crippen molar-refractivity contribution < 1.29 is 35.9 Å². The average molecular weight is 472 g/mol. The van der Waals surface area contributed by atoms with Crippen molar-refractivity contribution >= 4 is 21.6 Å². The van der Waals surface area contributed by atoms with E-state index in [-0.39, 0.29) is 35.1 Å². The Morgan fingerprint density at radius 1 is 1.09 bits per heavy atom. The van der Waals surface area contributed by atoms with E-state index in [0.29, 0.717) is 13.1 Å². The van der Waals surface area contributed by atoms with E-state index in [4.69, 9.17) is 9.47 Å². The zero-order valence-corrected chi connectivity index (χ0v) is 18.1. The van der Waals surface area contributed by atoms with Crippen LogP contribution >= 0.6 is 0 Å². The summed E-state index contributed by atoms with van der Waals surface area (Å²) in [4.78, 5) is 12.7. The highest BCUT2D eigenvalue weighted by Crippen LogP contribution is 2.35. The summed E-state index contributed by atoms with van der Waals surface area (Å²) in [5.41, 5.74) is -1.16. The van der Waals surface area contributed by atoms with Crippen LogP contribution in [0.1, 0.15) is 28.8 Å². The number of anilines is 1. The van der Waals surface area contributed by atoms with Crippen LogP contribution in [0, 0.1) is 0 Å². The average Bonchev–Trinajstić information content (AvgIpc) is 3.30. The molecule has 1 fully saturated rings. The van der Waals surface area contributed by atoms with E-state index >= 15 is 0 Å². The van der Waals surface area contributed by atoms with Crippen molar-refractivity contribution in [3.8, 4) is 5.75 Å². The van der Waals surface area contributed by atoms with E-state index in [2.05, 4.69) is 5.32 Å². The molecule has 0 atom stereocenters. The highest BCUT2D eigenvalue weighted by molar-refractivity contribution is 7.89. The summed E-state index contributed by atoms with van der Waals surface area (Å²) in [6.45, 7) is 1.08. The fourth-order valence-corrected chi connectivity index (χ4v) is 4.80. The third-order valence-electron chi connectivity index (χ3n) is 4.90. The maximum absolute atomic E-state index is 13.2. The lowest BCUT2D eigenvalue weighted by atomic mass is 10.1. The normalized spacial score (nSPS) is 15.0.